The number of hydrogen-bond donors (Lipinski definition) is 1. The molecule has 0 aliphatic carbocycles. The predicted molar refractivity (Wildman–Crippen MR) is 75.9 cm³/mol. The zero-order valence-electron chi connectivity index (χ0n) is 9.44. The van der Waals surface area contributed by atoms with E-state index in [4.69, 9.17) is 11.6 Å². The van der Waals surface area contributed by atoms with Gasteiger partial charge in [0.2, 0.25) is 0 Å². The fourth-order valence-electron chi connectivity index (χ4n) is 1.37. The van der Waals surface area contributed by atoms with Crippen LogP contribution in [-0.4, -0.2) is 12.0 Å². The topological polar surface area (TPSA) is 24.9 Å². The fraction of sp³-hybridized carbons (Fsp3) is 0.250. The summed E-state index contributed by atoms with van der Waals surface area (Å²) in [6.45, 7) is 0.888. The van der Waals surface area contributed by atoms with Crippen molar-refractivity contribution in [2.24, 2.45) is 0 Å². The molecule has 90 valence electrons. The molecule has 0 amide bonds. The summed E-state index contributed by atoms with van der Waals surface area (Å²) in [6, 6.07) is 7.91. The highest BCUT2D eigenvalue weighted by Gasteiger charge is 2.02. The summed E-state index contributed by atoms with van der Waals surface area (Å²) < 4.78 is 0. The molecule has 0 aliphatic heterocycles. The smallest absolute Gasteiger partial charge is 0.103 e. The molecule has 0 saturated heterocycles. The van der Waals surface area contributed by atoms with Gasteiger partial charge in [-0.2, -0.15) is 0 Å². The molecule has 0 radical (unpaired) electrons. The Morgan fingerprint density at radius 2 is 2.35 bits per heavy atom. The Morgan fingerprint density at radius 1 is 1.47 bits per heavy atom. The zero-order chi connectivity index (χ0) is 12.1. The van der Waals surface area contributed by atoms with Gasteiger partial charge in [0, 0.05) is 27.5 Å². The fourth-order valence-corrected chi connectivity index (χ4v) is 3.52. The van der Waals surface area contributed by atoms with E-state index in [2.05, 4.69) is 16.4 Å². The zero-order valence-corrected chi connectivity index (χ0v) is 11.8. The van der Waals surface area contributed by atoms with E-state index in [0.29, 0.717) is 0 Å². The first-order chi connectivity index (χ1) is 8.28. The summed E-state index contributed by atoms with van der Waals surface area (Å²) in [5.74, 6) is 0.898. The lowest BCUT2D eigenvalue weighted by atomic mass is 10.4. The molecule has 0 atom stereocenters. The third-order valence-electron chi connectivity index (χ3n) is 2.11. The minimum atomic E-state index is 0.782. The Bertz CT molecular complexity index is 485. The Labute approximate surface area is 114 Å². The van der Waals surface area contributed by atoms with Gasteiger partial charge >= 0.3 is 0 Å². The van der Waals surface area contributed by atoms with Crippen molar-refractivity contribution in [1.29, 1.82) is 0 Å². The number of nitrogens with zero attached hydrogens (tertiary/aromatic N) is 1. The molecule has 0 saturated carbocycles. The summed E-state index contributed by atoms with van der Waals surface area (Å²) in [6.07, 6.45) is 1.94. The summed E-state index contributed by atoms with van der Waals surface area (Å²) in [5, 5.41) is 5.06. The highest BCUT2D eigenvalue weighted by atomic mass is 35.5. The molecule has 0 spiro atoms. The van der Waals surface area contributed by atoms with Gasteiger partial charge in [-0.15, -0.1) is 23.1 Å². The van der Waals surface area contributed by atoms with Crippen LogP contribution in [0, 0.1) is 0 Å². The normalized spacial score (nSPS) is 10.7. The summed E-state index contributed by atoms with van der Waals surface area (Å²) in [5.41, 5.74) is 0. The molecule has 1 heterocycles. The molecule has 2 aromatic rings. The number of thioether (sulfide) groups is 1. The monoisotopic (exact) mass is 284 g/mol. The molecule has 0 unspecified atom stereocenters. The minimum absolute atomic E-state index is 0.782. The largest absolute Gasteiger partial charge is 0.315 e. The Kier molecular flexibility index (Phi) is 4.86. The van der Waals surface area contributed by atoms with Crippen molar-refractivity contribution < 1.29 is 0 Å². The maximum atomic E-state index is 5.94. The number of thiazole rings is 1. The number of nitrogens with one attached hydrogen (secondary N) is 1. The van der Waals surface area contributed by atoms with Crippen LogP contribution >= 0.6 is 34.7 Å². The third kappa shape index (κ3) is 4.00. The number of halogens is 1. The molecule has 0 aliphatic rings. The Balaban J connectivity index is 1.93. The number of aromatic nitrogens is 1. The van der Waals surface area contributed by atoms with Crippen molar-refractivity contribution in [2.45, 2.75) is 17.2 Å². The first kappa shape index (κ1) is 12.9. The molecular formula is C12H13ClN2S2. The lowest BCUT2D eigenvalue weighted by molar-refractivity contribution is 0.829. The summed E-state index contributed by atoms with van der Waals surface area (Å²) in [7, 11) is 1.94. The van der Waals surface area contributed by atoms with Gasteiger partial charge in [0.05, 0.1) is 5.75 Å². The van der Waals surface area contributed by atoms with Crippen LogP contribution in [-0.2, 0) is 12.3 Å². The first-order valence-corrected chi connectivity index (χ1v) is 7.42. The van der Waals surface area contributed by atoms with Crippen molar-refractivity contribution in [1.82, 2.24) is 10.3 Å². The van der Waals surface area contributed by atoms with E-state index >= 15 is 0 Å². The van der Waals surface area contributed by atoms with Crippen LogP contribution in [0.25, 0.3) is 0 Å². The average molecular weight is 285 g/mol. The van der Waals surface area contributed by atoms with Crippen LogP contribution in [0.3, 0.4) is 0 Å². The van der Waals surface area contributed by atoms with Crippen molar-refractivity contribution >= 4 is 34.7 Å². The Hall–Kier alpha value is -0.550. The molecule has 1 aromatic carbocycles. The number of hydrogen-bond acceptors (Lipinski definition) is 4. The van der Waals surface area contributed by atoms with Crippen LogP contribution < -0.4 is 5.32 Å². The summed E-state index contributed by atoms with van der Waals surface area (Å²) >= 11 is 9.45. The molecule has 1 aromatic heterocycles. The van der Waals surface area contributed by atoms with Gasteiger partial charge in [-0.25, -0.2) is 4.98 Å². The van der Waals surface area contributed by atoms with E-state index in [1.54, 1.807) is 23.1 Å². The summed E-state index contributed by atoms with van der Waals surface area (Å²) in [4.78, 5) is 6.85. The highest BCUT2D eigenvalue weighted by molar-refractivity contribution is 7.98. The predicted octanol–water partition coefficient (Wildman–Crippen LogP) is 3.81. The van der Waals surface area contributed by atoms with E-state index in [1.165, 1.54) is 9.77 Å². The maximum absolute atomic E-state index is 5.94. The van der Waals surface area contributed by atoms with Crippen molar-refractivity contribution in [3.8, 4) is 0 Å². The third-order valence-corrected chi connectivity index (χ3v) is 4.53. The molecular weight excluding hydrogens is 272 g/mol. The first-order valence-electron chi connectivity index (χ1n) is 5.24. The van der Waals surface area contributed by atoms with Gasteiger partial charge in [-0.3, -0.25) is 0 Å². The van der Waals surface area contributed by atoms with Gasteiger partial charge in [0.1, 0.15) is 5.01 Å². The number of rotatable bonds is 5. The molecule has 2 nitrogen and oxygen atoms in total. The van der Waals surface area contributed by atoms with E-state index in [0.717, 1.165) is 22.3 Å². The quantitative estimate of drug-likeness (QED) is 0.845. The lowest BCUT2D eigenvalue weighted by Gasteiger charge is -1.99. The molecule has 0 fully saturated rings. The average Bonchev–Trinajstić information content (AvgIpc) is 2.75. The standard InChI is InChI=1S/C12H13ClN2S2/c1-14-6-11-7-15-12(17-11)8-16-10-4-2-3-9(13)5-10/h2-5,7,14H,6,8H2,1H3. The molecule has 0 bridgehead atoms. The van der Waals surface area contributed by atoms with E-state index in [1.807, 2.05) is 31.4 Å². The molecule has 1 N–H and O–H groups in total. The van der Waals surface area contributed by atoms with Gasteiger partial charge in [0.15, 0.2) is 0 Å². The second kappa shape index (κ2) is 6.40. The second-order valence-electron chi connectivity index (χ2n) is 3.50. The SMILES string of the molecule is CNCc1cnc(CSc2cccc(Cl)c2)s1. The second-order valence-corrected chi connectivity index (χ2v) is 6.18. The van der Waals surface area contributed by atoms with E-state index in [-0.39, 0.29) is 0 Å². The van der Waals surface area contributed by atoms with Crippen LogP contribution in [0.2, 0.25) is 5.02 Å². The van der Waals surface area contributed by atoms with Gasteiger partial charge < -0.3 is 5.32 Å². The van der Waals surface area contributed by atoms with Crippen LogP contribution in [0.4, 0.5) is 0 Å². The van der Waals surface area contributed by atoms with Gasteiger partial charge in [-0.05, 0) is 25.2 Å². The minimum Gasteiger partial charge on any atom is -0.315 e. The molecule has 17 heavy (non-hydrogen) atoms. The van der Waals surface area contributed by atoms with Crippen molar-refractivity contribution in [3.05, 3.63) is 45.4 Å². The molecule has 5 heteroatoms. The lowest BCUT2D eigenvalue weighted by Crippen LogP contribution is -2.02. The van der Waals surface area contributed by atoms with Crippen LogP contribution in [0.15, 0.2) is 35.4 Å². The van der Waals surface area contributed by atoms with Crippen LogP contribution in [0.1, 0.15) is 9.88 Å². The number of benzene rings is 1. The van der Waals surface area contributed by atoms with E-state index < -0.39 is 0 Å². The van der Waals surface area contributed by atoms with E-state index in [9.17, 15) is 0 Å². The molecule has 2 rings (SSSR count). The highest BCUT2D eigenvalue weighted by Crippen LogP contribution is 2.26. The maximum Gasteiger partial charge on any atom is 0.103 e. The van der Waals surface area contributed by atoms with Crippen LogP contribution in [0.5, 0.6) is 0 Å². The van der Waals surface area contributed by atoms with Crippen molar-refractivity contribution in [2.75, 3.05) is 7.05 Å². The Morgan fingerprint density at radius 3 is 3.12 bits per heavy atom. The van der Waals surface area contributed by atoms with Gasteiger partial charge in [-0.1, -0.05) is 17.7 Å². The van der Waals surface area contributed by atoms with Gasteiger partial charge in [0.25, 0.3) is 0 Å². The van der Waals surface area contributed by atoms with Crippen molar-refractivity contribution in [3.63, 3.8) is 0 Å².